The number of hydrogen-bond donors (Lipinski definition) is 1. The number of nitrogens with zero attached hydrogens (tertiary/aromatic N) is 1. The second-order valence-electron chi connectivity index (χ2n) is 4.12. The number of rotatable bonds is 6. The number of carbonyl (C=O) groups excluding carboxylic acids is 1. The minimum Gasteiger partial charge on any atom is -0.493 e. The van der Waals surface area contributed by atoms with E-state index >= 15 is 0 Å². The molecule has 0 fully saturated rings. The average molecular weight is 278 g/mol. The fourth-order valence-electron chi connectivity index (χ4n) is 1.77. The first kappa shape index (κ1) is 15.6. The van der Waals surface area contributed by atoms with Crippen molar-refractivity contribution >= 4 is 5.91 Å². The van der Waals surface area contributed by atoms with Crippen molar-refractivity contribution in [1.29, 1.82) is 5.26 Å². The molecule has 1 rings (SSSR count). The van der Waals surface area contributed by atoms with Gasteiger partial charge in [0, 0.05) is 6.04 Å². The molecule has 1 N–H and O–H groups in total. The molecule has 108 valence electrons. The van der Waals surface area contributed by atoms with Crippen molar-refractivity contribution in [3.05, 3.63) is 17.7 Å². The smallest absolute Gasteiger partial charge is 0.255 e. The molecule has 0 aliphatic rings. The van der Waals surface area contributed by atoms with Crippen LogP contribution in [0.1, 0.15) is 23.7 Å². The zero-order valence-corrected chi connectivity index (χ0v) is 12.0. The van der Waals surface area contributed by atoms with Crippen LogP contribution in [0.2, 0.25) is 0 Å². The lowest BCUT2D eigenvalue weighted by Gasteiger charge is -2.16. The molecule has 0 bridgehead atoms. The average Bonchev–Trinajstić information content (AvgIpc) is 2.45. The summed E-state index contributed by atoms with van der Waals surface area (Å²) in [6.07, 6.45) is 0.237. The summed E-state index contributed by atoms with van der Waals surface area (Å²) in [7, 11) is 4.43. The largest absolute Gasteiger partial charge is 0.493 e. The molecule has 0 aliphatic carbocycles. The summed E-state index contributed by atoms with van der Waals surface area (Å²) >= 11 is 0. The number of methoxy groups -OCH3 is 3. The fraction of sp³-hybridized carbons (Fsp3) is 0.429. The number of nitriles is 1. The first-order chi connectivity index (χ1) is 9.58. The Morgan fingerprint density at radius 3 is 2.40 bits per heavy atom. The molecule has 1 amide bonds. The van der Waals surface area contributed by atoms with Gasteiger partial charge in [-0.25, -0.2) is 0 Å². The van der Waals surface area contributed by atoms with Crippen LogP contribution < -0.4 is 19.5 Å². The van der Waals surface area contributed by atoms with E-state index in [0.717, 1.165) is 0 Å². The summed E-state index contributed by atoms with van der Waals surface area (Å²) in [4.78, 5) is 12.2. The van der Waals surface area contributed by atoms with Crippen LogP contribution in [-0.4, -0.2) is 33.3 Å². The van der Waals surface area contributed by atoms with Gasteiger partial charge in [0.25, 0.3) is 5.91 Å². The van der Waals surface area contributed by atoms with E-state index in [-0.39, 0.29) is 18.4 Å². The Morgan fingerprint density at radius 2 is 1.90 bits per heavy atom. The number of hydrogen-bond acceptors (Lipinski definition) is 5. The van der Waals surface area contributed by atoms with Gasteiger partial charge in [-0.05, 0) is 19.1 Å². The third kappa shape index (κ3) is 3.32. The lowest BCUT2D eigenvalue weighted by Crippen LogP contribution is -2.32. The van der Waals surface area contributed by atoms with Gasteiger partial charge in [0.15, 0.2) is 11.5 Å². The second-order valence-corrected chi connectivity index (χ2v) is 4.12. The quantitative estimate of drug-likeness (QED) is 0.857. The first-order valence-electron chi connectivity index (χ1n) is 6.05. The van der Waals surface area contributed by atoms with E-state index in [0.29, 0.717) is 22.8 Å². The van der Waals surface area contributed by atoms with Crippen molar-refractivity contribution in [2.75, 3.05) is 21.3 Å². The maximum absolute atomic E-state index is 12.2. The summed E-state index contributed by atoms with van der Waals surface area (Å²) in [5.41, 5.74) is 0.329. The van der Waals surface area contributed by atoms with E-state index in [4.69, 9.17) is 19.5 Å². The second kappa shape index (κ2) is 7.24. The van der Waals surface area contributed by atoms with Gasteiger partial charge < -0.3 is 19.5 Å². The Labute approximate surface area is 118 Å². The number of ether oxygens (including phenoxy) is 3. The van der Waals surface area contributed by atoms with Crippen LogP contribution in [0.25, 0.3) is 0 Å². The molecule has 0 spiro atoms. The first-order valence-corrected chi connectivity index (χ1v) is 6.05. The van der Waals surface area contributed by atoms with Crippen molar-refractivity contribution in [2.24, 2.45) is 0 Å². The number of amides is 1. The summed E-state index contributed by atoms with van der Waals surface area (Å²) < 4.78 is 15.6. The predicted octanol–water partition coefficient (Wildman–Crippen LogP) is 1.74. The summed E-state index contributed by atoms with van der Waals surface area (Å²) in [5, 5.41) is 11.3. The number of carbonyl (C=O) groups is 1. The molecule has 0 aliphatic heterocycles. The molecule has 0 aromatic heterocycles. The predicted molar refractivity (Wildman–Crippen MR) is 73.3 cm³/mol. The monoisotopic (exact) mass is 278 g/mol. The van der Waals surface area contributed by atoms with Crippen molar-refractivity contribution in [1.82, 2.24) is 5.32 Å². The Morgan fingerprint density at radius 1 is 1.25 bits per heavy atom. The molecule has 6 heteroatoms. The molecule has 0 saturated carbocycles. The summed E-state index contributed by atoms with van der Waals surface area (Å²) in [6.45, 7) is 1.76. The Bertz CT molecular complexity index is 523. The highest BCUT2D eigenvalue weighted by Crippen LogP contribution is 2.39. The van der Waals surface area contributed by atoms with Gasteiger partial charge in [-0.3, -0.25) is 4.79 Å². The molecule has 0 heterocycles. The summed E-state index contributed by atoms with van der Waals surface area (Å²) in [5.74, 6) is 0.806. The van der Waals surface area contributed by atoms with E-state index in [1.54, 1.807) is 19.1 Å². The number of benzene rings is 1. The minimum atomic E-state index is -0.328. The Hall–Kier alpha value is -2.42. The van der Waals surface area contributed by atoms with E-state index in [1.807, 2.05) is 6.07 Å². The molecule has 20 heavy (non-hydrogen) atoms. The van der Waals surface area contributed by atoms with Crippen LogP contribution in [0.4, 0.5) is 0 Å². The van der Waals surface area contributed by atoms with Gasteiger partial charge in [-0.15, -0.1) is 0 Å². The highest BCUT2D eigenvalue weighted by Gasteiger charge is 2.21. The molecule has 1 aromatic rings. The van der Waals surface area contributed by atoms with Gasteiger partial charge in [0.1, 0.15) is 0 Å². The van der Waals surface area contributed by atoms with Crippen LogP contribution in [-0.2, 0) is 0 Å². The Balaban J connectivity index is 3.12. The van der Waals surface area contributed by atoms with Crippen LogP contribution >= 0.6 is 0 Å². The summed E-state index contributed by atoms with van der Waals surface area (Å²) in [6, 6.07) is 4.98. The topological polar surface area (TPSA) is 80.6 Å². The normalized spacial score (nSPS) is 11.2. The van der Waals surface area contributed by atoms with E-state index in [9.17, 15) is 4.79 Å². The van der Waals surface area contributed by atoms with Crippen LogP contribution in [0.15, 0.2) is 12.1 Å². The molecular formula is C14H18N2O4. The SMILES string of the molecule is COc1ccc(C(=O)NC(C)CC#N)c(OC)c1OC. The standard InChI is InChI=1S/C14H18N2O4/c1-9(7-8-15)16-14(17)10-5-6-11(18-2)13(20-4)12(10)19-3/h5-6,9H,7H2,1-4H3,(H,16,17). The highest BCUT2D eigenvalue weighted by molar-refractivity contribution is 5.98. The van der Waals surface area contributed by atoms with Crippen molar-refractivity contribution in [2.45, 2.75) is 19.4 Å². The lowest BCUT2D eigenvalue weighted by atomic mass is 10.1. The van der Waals surface area contributed by atoms with Crippen molar-refractivity contribution < 1.29 is 19.0 Å². The molecular weight excluding hydrogens is 260 g/mol. The van der Waals surface area contributed by atoms with E-state index < -0.39 is 0 Å². The van der Waals surface area contributed by atoms with Crippen molar-refractivity contribution in [3.63, 3.8) is 0 Å². The van der Waals surface area contributed by atoms with E-state index in [1.165, 1.54) is 21.3 Å². The lowest BCUT2D eigenvalue weighted by molar-refractivity contribution is 0.0937. The molecule has 1 atom stereocenters. The van der Waals surface area contributed by atoms with Crippen molar-refractivity contribution in [3.8, 4) is 23.3 Å². The van der Waals surface area contributed by atoms with Crippen LogP contribution in [0, 0.1) is 11.3 Å². The van der Waals surface area contributed by atoms with Gasteiger partial charge in [0.2, 0.25) is 5.75 Å². The zero-order chi connectivity index (χ0) is 15.1. The van der Waals surface area contributed by atoms with E-state index in [2.05, 4.69) is 5.32 Å². The maximum Gasteiger partial charge on any atom is 0.255 e. The van der Waals surface area contributed by atoms with Gasteiger partial charge in [0.05, 0.1) is 39.4 Å². The molecule has 0 radical (unpaired) electrons. The zero-order valence-electron chi connectivity index (χ0n) is 12.0. The fourth-order valence-corrected chi connectivity index (χ4v) is 1.77. The highest BCUT2D eigenvalue weighted by atomic mass is 16.5. The number of nitrogens with one attached hydrogen (secondary N) is 1. The third-order valence-electron chi connectivity index (χ3n) is 2.72. The molecule has 1 aromatic carbocycles. The Kier molecular flexibility index (Phi) is 5.66. The molecule has 0 saturated heterocycles. The molecule has 6 nitrogen and oxygen atoms in total. The van der Waals surface area contributed by atoms with Crippen LogP contribution in [0.5, 0.6) is 17.2 Å². The van der Waals surface area contributed by atoms with Gasteiger partial charge in [-0.1, -0.05) is 0 Å². The van der Waals surface area contributed by atoms with Gasteiger partial charge in [-0.2, -0.15) is 5.26 Å². The maximum atomic E-state index is 12.2. The third-order valence-corrected chi connectivity index (χ3v) is 2.72. The molecule has 1 unspecified atom stereocenters. The van der Waals surface area contributed by atoms with Gasteiger partial charge >= 0.3 is 0 Å². The van der Waals surface area contributed by atoms with Crippen LogP contribution in [0.3, 0.4) is 0 Å². The minimum absolute atomic E-state index is 0.237.